The molecule has 3 aromatic rings. The van der Waals surface area contributed by atoms with E-state index in [0.29, 0.717) is 24.4 Å². The van der Waals surface area contributed by atoms with Crippen LogP contribution < -0.4 is 21.2 Å². The summed E-state index contributed by atoms with van der Waals surface area (Å²) in [5.41, 5.74) is -0.741. The summed E-state index contributed by atoms with van der Waals surface area (Å²) in [5, 5.41) is 2.16. The van der Waals surface area contributed by atoms with Crippen molar-refractivity contribution in [2.24, 2.45) is 0 Å². The number of halogens is 3. The zero-order chi connectivity index (χ0) is 19.7. The summed E-state index contributed by atoms with van der Waals surface area (Å²) in [6.07, 6.45) is -0.937. The number of nitrogens with one attached hydrogen (secondary N) is 1. The molecule has 154 valence electrons. The van der Waals surface area contributed by atoms with Crippen molar-refractivity contribution in [1.29, 1.82) is 0 Å². The summed E-state index contributed by atoms with van der Waals surface area (Å²) in [4.78, 5) is 19.3. The van der Waals surface area contributed by atoms with Crippen LogP contribution in [0.25, 0.3) is 11.5 Å². The molecule has 1 aliphatic carbocycles. The Bertz CT molecular complexity index is 1010. The maximum Gasteiger partial charge on any atom is 0.416 e. The molecule has 0 aliphatic heterocycles. The van der Waals surface area contributed by atoms with E-state index < -0.39 is 11.7 Å². The van der Waals surface area contributed by atoms with Gasteiger partial charge in [-0.25, -0.2) is 9.97 Å². The minimum absolute atomic E-state index is 0. The number of hydrogen-bond donors (Lipinski definition) is 2. The molecule has 0 saturated heterocycles. The van der Waals surface area contributed by atoms with E-state index in [2.05, 4.69) is 15.1 Å². The maximum atomic E-state index is 12.7. The lowest BCUT2D eigenvalue weighted by Gasteiger charge is -2.35. The molecular weight excluding hydrogens is 393 g/mol. The van der Waals surface area contributed by atoms with Crippen LogP contribution in [0.3, 0.4) is 0 Å². The van der Waals surface area contributed by atoms with E-state index in [0.717, 1.165) is 12.1 Å². The first-order valence-corrected chi connectivity index (χ1v) is 8.38. The molecule has 0 unspecified atom stereocenters. The molecule has 2 aromatic heterocycles. The summed E-state index contributed by atoms with van der Waals surface area (Å²) < 4.78 is 54.4. The van der Waals surface area contributed by atoms with E-state index in [-0.39, 0.29) is 35.4 Å². The van der Waals surface area contributed by atoms with Gasteiger partial charge in [-0.3, -0.25) is 4.79 Å². The fourth-order valence-electron chi connectivity index (χ4n) is 2.73. The van der Waals surface area contributed by atoms with Crippen molar-refractivity contribution in [3.05, 3.63) is 58.6 Å². The third-order valence-electron chi connectivity index (χ3n) is 4.21. The average Bonchev–Trinajstić information content (AvgIpc) is 3.06. The van der Waals surface area contributed by atoms with Crippen LogP contribution in [0.5, 0.6) is 11.6 Å². The highest BCUT2D eigenvalue weighted by atomic mass is 19.4. The molecule has 4 rings (SSSR count). The van der Waals surface area contributed by atoms with Crippen LogP contribution >= 0.6 is 0 Å². The van der Waals surface area contributed by atoms with Crippen molar-refractivity contribution in [1.82, 2.24) is 21.3 Å². The number of aromatic amines is 1. The number of nitrogens with zero attached hydrogens (tertiary/aromatic N) is 2. The zero-order valence-electron chi connectivity index (χ0n) is 15.0. The Labute approximate surface area is 162 Å². The highest BCUT2D eigenvalue weighted by Crippen LogP contribution is 2.34. The van der Waals surface area contributed by atoms with Gasteiger partial charge >= 0.3 is 6.18 Å². The Morgan fingerprint density at radius 2 is 1.83 bits per heavy atom. The van der Waals surface area contributed by atoms with Gasteiger partial charge in [0.25, 0.3) is 5.56 Å². The number of rotatable bonds is 5. The molecule has 1 saturated carbocycles. The third-order valence-corrected chi connectivity index (χ3v) is 4.21. The van der Waals surface area contributed by atoms with Gasteiger partial charge in [-0.1, -0.05) is 6.07 Å². The second-order valence-electron chi connectivity index (χ2n) is 6.29. The van der Waals surface area contributed by atoms with Crippen molar-refractivity contribution in [3.63, 3.8) is 0 Å². The molecule has 8 nitrogen and oxygen atoms in total. The molecule has 1 aromatic carbocycles. The first kappa shape index (κ1) is 20.4. The van der Waals surface area contributed by atoms with E-state index in [4.69, 9.17) is 14.0 Å². The lowest BCUT2D eigenvalue weighted by molar-refractivity contribution is -0.137. The Balaban J connectivity index is 0.00000240. The smallest absolute Gasteiger partial charge is 0.416 e. The molecule has 1 aliphatic rings. The van der Waals surface area contributed by atoms with Gasteiger partial charge in [0.05, 0.1) is 24.0 Å². The predicted molar refractivity (Wildman–Crippen MR) is 94.9 cm³/mol. The summed E-state index contributed by atoms with van der Waals surface area (Å²) in [6.45, 7) is 0. The van der Waals surface area contributed by atoms with Gasteiger partial charge < -0.3 is 20.1 Å². The topological polar surface area (TPSA) is 125 Å². The van der Waals surface area contributed by atoms with E-state index in [9.17, 15) is 18.0 Å². The average molecular weight is 410 g/mol. The summed E-state index contributed by atoms with van der Waals surface area (Å²) in [7, 11) is 0. The Morgan fingerprint density at radius 3 is 2.45 bits per heavy atom. The monoisotopic (exact) mass is 410 g/mol. The van der Waals surface area contributed by atoms with Crippen molar-refractivity contribution >= 4 is 0 Å². The van der Waals surface area contributed by atoms with Crippen molar-refractivity contribution < 1.29 is 27.2 Å². The number of H-pyrrole nitrogens is 1. The molecule has 11 heteroatoms. The number of hydrogen-bond acceptors (Lipinski definition) is 7. The molecule has 4 N–H and O–H groups in total. The molecule has 2 heterocycles. The number of benzene rings is 1. The minimum Gasteiger partial charge on any atom is -0.490 e. The van der Waals surface area contributed by atoms with Crippen LogP contribution in [0.15, 0.2) is 52.0 Å². The lowest BCUT2D eigenvalue weighted by atomic mass is 9.92. The SMILES string of the molecule is N.O=c1cc(-c2cnc(OC3CC(Oc4cccc(C(F)(F)F)c4)C3)cn2)o[nH]1. The first-order chi connectivity index (χ1) is 13.4. The molecule has 1 fully saturated rings. The van der Waals surface area contributed by atoms with Gasteiger partial charge in [-0.05, 0) is 18.2 Å². The molecule has 0 amide bonds. The summed E-state index contributed by atoms with van der Waals surface area (Å²) in [6, 6.07) is 6.05. The summed E-state index contributed by atoms with van der Waals surface area (Å²) in [5.74, 6) is 0.738. The zero-order valence-corrected chi connectivity index (χ0v) is 15.0. The quantitative estimate of drug-likeness (QED) is 0.658. The van der Waals surface area contributed by atoms with Crippen molar-refractivity contribution in [2.75, 3.05) is 0 Å². The maximum absolute atomic E-state index is 12.7. The van der Waals surface area contributed by atoms with E-state index in [1.165, 1.54) is 30.6 Å². The van der Waals surface area contributed by atoms with Gasteiger partial charge in [0.15, 0.2) is 5.76 Å². The van der Waals surface area contributed by atoms with E-state index in [1.54, 1.807) is 0 Å². The van der Waals surface area contributed by atoms with Crippen LogP contribution in [-0.2, 0) is 6.18 Å². The van der Waals surface area contributed by atoms with Crippen molar-refractivity contribution in [2.45, 2.75) is 31.2 Å². The second kappa shape index (κ2) is 7.95. The normalized spacial score (nSPS) is 18.4. The molecule has 29 heavy (non-hydrogen) atoms. The Morgan fingerprint density at radius 1 is 1.07 bits per heavy atom. The van der Waals surface area contributed by atoms with Gasteiger partial charge in [-0.15, -0.1) is 0 Å². The first-order valence-electron chi connectivity index (χ1n) is 8.38. The number of aromatic nitrogens is 3. The molecule has 0 radical (unpaired) electrons. The highest BCUT2D eigenvalue weighted by molar-refractivity contribution is 5.49. The number of ether oxygens (including phenoxy) is 2. The number of alkyl halides is 3. The van der Waals surface area contributed by atoms with Crippen LogP contribution in [0, 0.1) is 0 Å². The van der Waals surface area contributed by atoms with Gasteiger partial charge in [0.2, 0.25) is 5.88 Å². The van der Waals surface area contributed by atoms with Gasteiger partial charge in [-0.2, -0.15) is 18.3 Å². The van der Waals surface area contributed by atoms with Crippen molar-refractivity contribution in [3.8, 4) is 23.1 Å². The van der Waals surface area contributed by atoms with Crippen LogP contribution in [-0.4, -0.2) is 27.3 Å². The fraction of sp³-hybridized carbons (Fsp3) is 0.278. The molecule has 0 atom stereocenters. The lowest BCUT2D eigenvalue weighted by Crippen LogP contribution is -2.41. The standard InChI is InChI=1S/C18H14F3N3O4.H3N/c19-18(20,21)10-2-1-3-11(4-10)26-12-5-13(6-12)27-17-9-22-14(8-23-17)15-7-16(25)24-28-15;/h1-4,7-9,12-13H,5-6H2,(H,24,25);1H3. The van der Waals surface area contributed by atoms with Crippen LogP contribution in [0.2, 0.25) is 0 Å². The van der Waals surface area contributed by atoms with Gasteiger partial charge in [0, 0.05) is 12.8 Å². The largest absolute Gasteiger partial charge is 0.490 e. The molecule has 0 spiro atoms. The van der Waals surface area contributed by atoms with Gasteiger partial charge in [0.1, 0.15) is 23.7 Å². The Kier molecular flexibility index (Phi) is 5.59. The Hall–Kier alpha value is -3.34. The van der Waals surface area contributed by atoms with E-state index >= 15 is 0 Å². The summed E-state index contributed by atoms with van der Waals surface area (Å²) >= 11 is 0. The third kappa shape index (κ3) is 4.74. The highest BCUT2D eigenvalue weighted by Gasteiger charge is 2.34. The van der Waals surface area contributed by atoms with E-state index in [1.807, 2.05) is 0 Å². The second-order valence-corrected chi connectivity index (χ2v) is 6.29. The fourth-order valence-corrected chi connectivity index (χ4v) is 2.73. The van der Waals surface area contributed by atoms with Crippen LogP contribution in [0.4, 0.5) is 13.2 Å². The molecule has 0 bridgehead atoms. The minimum atomic E-state index is -4.40. The predicted octanol–water partition coefficient (Wildman–Crippen LogP) is 3.59. The van der Waals surface area contributed by atoms with Crippen LogP contribution in [0.1, 0.15) is 18.4 Å². The molecular formula is C18H17F3N4O4.